The molecule has 2 N–H and O–H groups in total. The molecule has 8 nitrogen and oxygen atoms in total. The molecule has 1 atom stereocenters. The summed E-state index contributed by atoms with van der Waals surface area (Å²) in [6.45, 7) is 8.07. The zero-order valence-corrected chi connectivity index (χ0v) is 17.2. The number of rotatable bonds is 5. The molecule has 0 bridgehead atoms. The second-order valence-electron chi connectivity index (χ2n) is 8.11. The third-order valence-electron chi connectivity index (χ3n) is 4.67. The van der Waals surface area contributed by atoms with Crippen molar-refractivity contribution in [3.63, 3.8) is 0 Å². The molecule has 1 saturated heterocycles. The molecule has 8 heteroatoms. The Morgan fingerprint density at radius 1 is 1.17 bits per heavy atom. The number of nitrogens with one attached hydrogen (secondary N) is 2. The van der Waals surface area contributed by atoms with E-state index in [0.717, 1.165) is 18.8 Å². The number of anilines is 1. The number of piperazine rings is 1. The van der Waals surface area contributed by atoms with Crippen LogP contribution in [0.3, 0.4) is 0 Å². The number of benzene rings is 1. The quantitative estimate of drug-likeness (QED) is 0.804. The SMILES string of the molecule is CC(C)(C)OC(=O)N[C@@H](Cc1c[nH]cn1)C(=O)N1CCN(c2ccccc2)CC1. The van der Waals surface area contributed by atoms with Crippen LogP contribution in [0.1, 0.15) is 26.5 Å². The average molecular weight is 399 g/mol. The fourth-order valence-corrected chi connectivity index (χ4v) is 3.31. The van der Waals surface area contributed by atoms with Gasteiger partial charge in [0.1, 0.15) is 11.6 Å². The van der Waals surface area contributed by atoms with Gasteiger partial charge in [-0.25, -0.2) is 9.78 Å². The fourth-order valence-electron chi connectivity index (χ4n) is 3.31. The Bertz CT molecular complexity index is 793. The molecule has 1 fully saturated rings. The van der Waals surface area contributed by atoms with E-state index in [1.165, 1.54) is 0 Å². The van der Waals surface area contributed by atoms with Crippen molar-refractivity contribution in [3.05, 3.63) is 48.5 Å². The number of hydrogen-bond acceptors (Lipinski definition) is 5. The second kappa shape index (κ2) is 8.98. The van der Waals surface area contributed by atoms with Crippen LogP contribution in [0.15, 0.2) is 42.9 Å². The molecule has 156 valence electrons. The van der Waals surface area contributed by atoms with Crippen LogP contribution in [0.4, 0.5) is 10.5 Å². The Morgan fingerprint density at radius 2 is 1.86 bits per heavy atom. The third kappa shape index (κ3) is 5.97. The van der Waals surface area contributed by atoms with Crippen LogP contribution in [0, 0.1) is 0 Å². The lowest BCUT2D eigenvalue weighted by molar-refractivity contribution is -0.133. The number of imidazole rings is 1. The van der Waals surface area contributed by atoms with Crippen LogP contribution in [0.2, 0.25) is 0 Å². The highest BCUT2D eigenvalue weighted by Crippen LogP contribution is 2.16. The van der Waals surface area contributed by atoms with Crippen molar-refractivity contribution >= 4 is 17.7 Å². The molecule has 2 heterocycles. The van der Waals surface area contributed by atoms with Gasteiger partial charge in [0.2, 0.25) is 5.91 Å². The van der Waals surface area contributed by atoms with E-state index in [2.05, 4.69) is 32.3 Å². The van der Waals surface area contributed by atoms with Crippen molar-refractivity contribution in [2.24, 2.45) is 0 Å². The minimum absolute atomic E-state index is 0.119. The van der Waals surface area contributed by atoms with Gasteiger partial charge in [-0.05, 0) is 32.9 Å². The molecule has 0 saturated carbocycles. The first-order valence-corrected chi connectivity index (χ1v) is 9.88. The van der Waals surface area contributed by atoms with Gasteiger partial charge >= 0.3 is 6.09 Å². The zero-order chi connectivity index (χ0) is 20.9. The molecular weight excluding hydrogens is 370 g/mol. The van der Waals surface area contributed by atoms with Crippen LogP contribution < -0.4 is 10.2 Å². The maximum absolute atomic E-state index is 13.2. The molecule has 2 amide bonds. The second-order valence-corrected chi connectivity index (χ2v) is 8.11. The van der Waals surface area contributed by atoms with Crippen molar-refractivity contribution in [2.45, 2.75) is 38.8 Å². The van der Waals surface area contributed by atoms with E-state index in [9.17, 15) is 9.59 Å². The van der Waals surface area contributed by atoms with Gasteiger partial charge in [0.05, 0.1) is 12.0 Å². The smallest absolute Gasteiger partial charge is 0.408 e. The van der Waals surface area contributed by atoms with Crippen LogP contribution >= 0.6 is 0 Å². The normalized spacial score (nSPS) is 15.7. The summed E-state index contributed by atoms with van der Waals surface area (Å²) >= 11 is 0. The maximum atomic E-state index is 13.2. The summed E-state index contributed by atoms with van der Waals surface area (Å²) in [7, 11) is 0. The van der Waals surface area contributed by atoms with Gasteiger partial charge in [-0.1, -0.05) is 18.2 Å². The van der Waals surface area contributed by atoms with E-state index in [1.54, 1.807) is 38.2 Å². The highest BCUT2D eigenvalue weighted by atomic mass is 16.6. The fraction of sp³-hybridized carbons (Fsp3) is 0.476. The first kappa shape index (κ1) is 20.7. The monoisotopic (exact) mass is 399 g/mol. The van der Waals surface area contributed by atoms with Gasteiger partial charge < -0.3 is 24.8 Å². The predicted molar refractivity (Wildman–Crippen MR) is 111 cm³/mol. The lowest BCUT2D eigenvalue weighted by Crippen LogP contribution is -2.56. The number of amides is 2. The first-order valence-electron chi connectivity index (χ1n) is 9.88. The molecule has 0 unspecified atom stereocenters. The van der Waals surface area contributed by atoms with Gasteiger partial charge in [-0.3, -0.25) is 4.79 Å². The third-order valence-corrected chi connectivity index (χ3v) is 4.67. The maximum Gasteiger partial charge on any atom is 0.408 e. The lowest BCUT2D eigenvalue weighted by Gasteiger charge is -2.37. The summed E-state index contributed by atoms with van der Waals surface area (Å²) in [5.41, 5.74) is 1.23. The Balaban J connectivity index is 1.64. The molecule has 1 aromatic heterocycles. The van der Waals surface area contributed by atoms with Gasteiger partial charge in [-0.15, -0.1) is 0 Å². The van der Waals surface area contributed by atoms with Gasteiger partial charge in [0.25, 0.3) is 0 Å². The lowest BCUT2D eigenvalue weighted by atomic mass is 10.1. The average Bonchev–Trinajstić information content (AvgIpc) is 3.19. The number of nitrogens with zero attached hydrogens (tertiary/aromatic N) is 3. The number of para-hydroxylation sites is 1. The van der Waals surface area contributed by atoms with E-state index in [0.29, 0.717) is 25.2 Å². The van der Waals surface area contributed by atoms with Crippen LogP contribution in [0.25, 0.3) is 0 Å². The molecular formula is C21H29N5O3. The van der Waals surface area contributed by atoms with Crippen LogP contribution in [0.5, 0.6) is 0 Å². The van der Waals surface area contributed by atoms with Crippen molar-refractivity contribution in [1.82, 2.24) is 20.2 Å². The standard InChI is InChI=1S/C21H29N5O3/c1-21(2,3)29-20(28)24-18(13-16-14-22-15-23-16)19(27)26-11-9-25(10-12-26)17-7-5-4-6-8-17/h4-8,14-15,18H,9-13H2,1-3H3,(H,22,23)(H,24,28)/t18-/m0/s1. The summed E-state index contributed by atoms with van der Waals surface area (Å²) in [5, 5.41) is 2.73. The van der Waals surface area contributed by atoms with E-state index in [1.807, 2.05) is 18.2 Å². The van der Waals surface area contributed by atoms with Crippen LogP contribution in [-0.2, 0) is 16.0 Å². The largest absolute Gasteiger partial charge is 0.444 e. The minimum Gasteiger partial charge on any atom is -0.444 e. The number of alkyl carbamates (subject to hydrolysis) is 1. The molecule has 1 aromatic carbocycles. The van der Waals surface area contributed by atoms with Crippen molar-refractivity contribution in [2.75, 3.05) is 31.1 Å². The highest BCUT2D eigenvalue weighted by Gasteiger charge is 2.30. The Kier molecular flexibility index (Phi) is 6.41. The molecule has 0 radical (unpaired) electrons. The molecule has 1 aliphatic rings. The molecule has 0 spiro atoms. The molecule has 0 aliphatic carbocycles. The summed E-state index contributed by atoms with van der Waals surface area (Å²) in [6, 6.07) is 9.43. The molecule has 2 aromatic rings. The Morgan fingerprint density at radius 3 is 2.45 bits per heavy atom. The van der Waals surface area contributed by atoms with Crippen molar-refractivity contribution in [1.29, 1.82) is 0 Å². The highest BCUT2D eigenvalue weighted by molar-refractivity contribution is 5.86. The minimum atomic E-state index is -0.726. The molecule has 1 aliphatic heterocycles. The summed E-state index contributed by atoms with van der Waals surface area (Å²) in [6.07, 6.45) is 2.99. The predicted octanol–water partition coefficient (Wildman–Crippen LogP) is 2.19. The number of aromatic nitrogens is 2. The summed E-state index contributed by atoms with van der Waals surface area (Å²) < 4.78 is 5.34. The topological polar surface area (TPSA) is 90.6 Å². The van der Waals surface area contributed by atoms with E-state index >= 15 is 0 Å². The number of H-pyrrole nitrogens is 1. The number of aromatic amines is 1. The van der Waals surface area contributed by atoms with Crippen LogP contribution in [-0.4, -0.2) is 64.7 Å². The van der Waals surface area contributed by atoms with Gasteiger partial charge in [-0.2, -0.15) is 0 Å². The van der Waals surface area contributed by atoms with Crippen molar-refractivity contribution in [3.8, 4) is 0 Å². The molecule has 3 rings (SSSR count). The van der Waals surface area contributed by atoms with Gasteiger partial charge in [0, 0.05) is 44.5 Å². The van der Waals surface area contributed by atoms with E-state index in [4.69, 9.17) is 4.74 Å². The van der Waals surface area contributed by atoms with E-state index < -0.39 is 17.7 Å². The Labute approximate surface area is 171 Å². The summed E-state index contributed by atoms with van der Waals surface area (Å²) in [5.74, 6) is -0.119. The van der Waals surface area contributed by atoms with Gasteiger partial charge in [0.15, 0.2) is 0 Å². The first-order chi connectivity index (χ1) is 13.8. The van der Waals surface area contributed by atoms with E-state index in [-0.39, 0.29) is 5.91 Å². The number of hydrogen-bond donors (Lipinski definition) is 2. The number of carbonyl (C=O) groups is 2. The summed E-state index contributed by atoms with van der Waals surface area (Å²) in [4.78, 5) is 36.6. The van der Waals surface area contributed by atoms with Crippen molar-refractivity contribution < 1.29 is 14.3 Å². The Hall–Kier alpha value is -3.03. The molecule has 29 heavy (non-hydrogen) atoms. The number of carbonyl (C=O) groups excluding carboxylic acids is 2. The number of ether oxygens (including phenoxy) is 1. The zero-order valence-electron chi connectivity index (χ0n) is 17.2.